The average molecular weight is 829 g/mol. The van der Waals surface area contributed by atoms with Gasteiger partial charge in [0.15, 0.2) is 0 Å². The number of para-hydroxylation sites is 2. The first-order valence-electron chi connectivity index (χ1n) is 23.0. The SMILES string of the molecule is CCCOc1c2cccc1Cc1cc([C@H]3O[C@@H]3c3ccccc3)cc(c1OCCC)Cc1cccc(c1OCCC)Cc1cc([C@H]3O[C@@H]3c3ccccc3)cc(c1OCCC)C2. The average Bonchev–Trinajstić information content (AvgIpc) is 4.24. The van der Waals surface area contributed by atoms with Crippen LogP contribution in [-0.4, -0.2) is 26.4 Å². The molecule has 1 aliphatic carbocycles. The van der Waals surface area contributed by atoms with Crippen LogP contribution in [0.5, 0.6) is 23.0 Å². The maximum Gasteiger partial charge on any atom is 0.126 e. The maximum atomic E-state index is 6.83. The van der Waals surface area contributed by atoms with Gasteiger partial charge in [-0.1, -0.05) is 125 Å². The smallest absolute Gasteiger partial charge is 0.126 e. The maximum absolute atomic E-state index is 6.83. The van der Waals surface area contributed by atoms with Crippen molar-refractivity contribution in [2.75, 3.05) is 26.4 Å². The van der Waals surface area contributed by atoms with Crippen molar-refractivity contribution in [3.05, 3.63) is 188 Å². The van der Waals surface area contributed by atoms with Gasteiger partial charge in [0.1, 0.15) is 47.4 Å². The van der Waals surface area contributed by atoms with Gasteiger partial charge in [-0.15, -0.1) is 0 Å². The standard InChI is InChI=1S/C56H60O6/c1-5-25-57-49-39-21-15-22-40(49)30-44-34-48(56-54(62-56)38-19-13-10-14-20-38)36-46(52(44)60-28-8-4)32-42-24-16-23-41(50(42)58-26-6-2)31-45-35-47(33-43(29-39)51(45)59-27-7-3)55-53(61-55)37-17-11-9-12-18-37/h9-24,33-36,53-56H,5-8,25-32H2,1-4H3/t53-,54-,55-,56-/m1/s1. The van der Waals surface area contributed by atoms with Crippen molar-refractivity contribution in [2.45, 2.75) is 103 Å². The van der Waals surface area contributed by atoms with Gasteiger partial charge in [0.05, 0.1) is 26.4 Å². The van der Waals surface area contributed by atoms with E-state index in [4.69, 9.17) is 28.4 Å². The lowest BCUT2D eigenvalue weighted by Crippen LogP contribution is -2.11. The molecule has 0 N–H and O–H groups in total. The monoisotopic (exact) mass is 828 g/mol. The summed E-state index contributed by atoms with van der Waals surface area (Å²) in [6.07, 6.45) is 6.16. The molecule has 2 saturated heterocycles. The van der Waals surface area contributed by atoms with Gasteiger partial charge in [-0.2, -0.15) is 0 Å². The largest absolute Gasteiger partial charge is 0.493 e. The molecule has 0 unspecified atom stereocenters. The number of epoxide rings is 2. The number of benzene rings is 6. The quantitative estimate of drug-likeness (QED) is 0.0904. The van der Waals surface area contributed by atoms with Crippen molar-refractivity contribution >= 4 is 0 Å². The van der Waals surface area contributed by atoms with Crippen molar-refractivity contribution < 1.29 is 28.4 Å². The summed E-state index contributed by atoms with van der Waals surface area (Å²) >= 11 is 0. The first kappa shape index (κ1) is 41.8. The molecular weight excluding hydrogens is 769 g/mol. The van der Waals surface area contributed by atoms with E-state index in [9.17, 15) is 0 Å². The number of hydrogen-bond donors (Lipinski definition) is 0. The van der Waals surface area contributed by atoms with Gasteiger partial charge in [-0.3, -0.25) is 0 Å². The van der Waals surface area contributed by atoms with Gasteiger partial charge < -0.3 is 28.4 Å². The van der Waals surface area contributed by atoms with Gasteiger partial charge in [-0.25, -0.2) is 0 Å². The molecule has 3 aliphatic rings. The second-order valence-electron chi connectivity index (χ2n) is 17.0. The van der Waals surface area contributed by atoms with Crippen molar-refractivity contribution in [3.63, 3.8) is 0 Å². The molecule has 0 aromatic heterocycles. The van der Waals surface area contributed by atoms with Gasteiger partial charge in [0.2, 0.25) is 0 Å². The first-order valence-corrected chi connectivity index (χ1v) is 23.0. The van der Waals surface area contributed by atoms with Crippen LogP contribution in [0.3, 0.4) is 0 Å². The highest BCUT2D eigenvalue weighted by Crippen LogP contribution is 2.54. The molecule has 2 aliphatic heterocycles. The zero-order chi connectivity index (χ0) is 42.4. The summed E-state index contributed by atoms with van der Waals surface area (Å²) in [5, 5.41) is 0. The first-order chi connectivity index (χ1) is 30.6. The van der Waals surface area contributed by atoms with E-state index in [-0.39, 0.29) is 24.4 Å². The summed E-state index contributed by atoms with van der Waals surface area (Å²) in [4.78, 5) is 0. The molecule has 4 atom stereocenters. The Hall–Kier alpha value is -5.56. The zero-order valence-electron chi connectivity index (χ0n) is 36.8. The lowest BCUT2D eigenvalue weighted by atomic mass is 9.88. The second-order valence-corrected chi connectivity index (χ2v) is 17.0. The number of ether oxygens (including phenoxy) is 6. The van der Waals surface area contributed by atoms with Crippen LogP contribution >= 0.6 is 0 Å². The van der Waals surface area contributed by atoms with E-state index in [0.717, 1.165) is 93.2 Å². The van der Waals surface area contributed by atoms with Gasteiger partial charge in [0.25, 0.3) is 0 Å². The summed E-state index contributed by atoms with van der Waals surface area (Å²) in [6, 6.07) is 43.8. The second kappa shape index (κ2) is 19.2. The van der Waals surface area contributed by atoms with Crippen molar-refractivity contribution in [1.29, 1.82) is 0 Å². The highest BCUT2D eigenvalue weighted by atomic mass is 16.6. The predicted octanol–water partition coefficient (Wildman–Crippen LogP) is 13.1. The molecule has 320 valence electrons. The topological polar surface area (TPSA) is 62.0 Å². The number of hydrogen-bond acceptors (Lipinski definition) is 6. The van der Waals surface area contributed by atoms with Gasteiger partial charge in [0, 0.05) is 25.7 Å². The molecule has 9 rings (SSSR count). The molecule has 6 aromatic carbocycles. The van der Waals surface area contributed by atoms with Crippen LogP contribution in [0, 0.1) is 0 Å². The van der Waals surface area contributed by atoms with E-state index >= 15 is 0 Å². The van der Waals surface area contributed by atoms with Crippen LogP contribution in [0.25, 0.3) is 0 Å². The predicted molar refractivity (Wildman–Crippen MR) is 246 cm³/mol. The van der Waals surface area contributed by atoms with Crippen molar-refractivity contribution in [3.8, 4) is 23.0 Å². The molecule has 0 spiro atoms. The van der Waals surface area contributed by atoms with Crippen molar-refractivity contribution in [1.82, 2.24) is 0 Å². The van der Waals surface area contributed by atoms with E-state index in [1.165, 1.54) is 22.3 Å². The van der Waals surface area contributed by atoms with Gasteiger partial charge >= 0.3 is 0 Å². The molecule has 0 saturated carbocycles. The minimum Gasteiger partial charge on any atom is -0.493 e. The van der Waals surface area contributed by atoms with Crippen LogP contribution in [0.1, 0.15) is 145 Å². The highest BCUT2D eigenvalue weighted by Gasteiger charge is 2.43. The molecule has 6 heteroatoms. The summed E-state index contributed by atoms with van der Waals surface area (Å²) in [6.45, 7) is 11.2. The Bertz CT molecular complexity index is 2200. The summed E-state index contributed by atoms with van der Waals surface area (Å²) in [5.41, 5.74) is 13.9. The number of fused-ring (bicyclic) bond motifs is 8. The fourth-order valence-electron chi connectivity index (χ4n) is 9.15. The summed E-state index contributed by atoms with van der Waals surface area (Å²) in [5.74, 6) is 3.78. The van der Waals surface area contributed by atoms with E-state index < -0.39 is 0 Å². The Morgan fingerprint density at radius 3 is 0.903 bits per heavy atom. The van der Waals surface area contributed by atoms with E-state index in [0.29, 0.717) is 52.1 Å². The molecule has 6 aromatic rings. The van der Waals surface area contributed by atoms with Gasteiger partial charge in [-0.05, 0) is 117 Å². The molecule has 0 radical (unpaired) electrons. The zero-order valence-corrected chi connectivity index (χ0v) is 36.8. The van der Waals surface area contributed by atoms with Crippen LogP contribution in [0.2, 0.25) is 0 Å². The van der Waals surface area contributed by atoms with E-state index in [1.807, 2.05) is 0 Å². The molecule has 2 fully saturated rings. The molecule has 62 heavy (non-hydrogen) atoms. The normalized spacial score (nSPS) is 18.8. The Kier molecular flexibility index (Phi) is 13.0. The Morgan fingerprint density at radius 1 is 0.339 bits per heavy atom. The summed E-state index contributed by atoms with van der Waals surface area (Å²) < 4.78 is 40.3. The van der Waals surface area contributed by atoms with E-state index in [2.05, 4.69) is 149 Å². The van der Waals surface area contributed by atoms with Crippen LogP contribution < -0.4 is 18.9 Å². The molecular formula is C56H60O6. The Labute approximate surface area is 368 Å². The van der Waals surface area contributed by atoms with Crippen molar-refractivity contribution in [2.24, 2.45) is 0 Å². The third-order valence-corrected chi connectivity index (χ3v) is 12.1. The molecule has 2 heterocycles. The lowest BCUT2D eigenvalue weighted by molar-refractivity contribution is 0.304. The lowest BCUT2D eigenvalue weighted by Gasteiger charge is -2.23. The van der Waals surface area contributed by atoms with Crippen LogP contribution in [0.4, 0.5) is 0 Å². The highest BCUT2D eigenvalue weighted by molar-refractivity contribution is 5.58. The molecule has 0 amide bonds. The van der Waals surface area contributed by atoms with Crippen LogP contribution in [0.15, 0.2) is 121 Å². The Morgan fingerprint density at radius 2 is 0.613 bits per heavy atom. The number of rotatable bonds is 16. The minimum absolute atomic E-state index is 0.0164. The fraction of sp³-hybridized carbons (Fsp3) is 0.357. The third kappa shape index (κ3) is 9.14. The van der Waals surface area contributed by atoms with Crippen LogP contribution in [-0.2, 0) is 35.2 Å². The third-order valence-electron chi connectivity index (χ3n) is 12.1. The van der Waals surface area contributed by atoms with E-state index in [1.54, 1.807) is 0 Å². The minimum atomic E-state index is -0.0391. The summed E-state index contributed by atoms with van der Waals surface area (Å²) in [7, 11) is 0. The molecule has 6 nitrogen and oxygen atoms in total. The molecule has 8 bridgehead atoms. The Balaban J connectivity index is 1.24. The fourth-order valence-corrected chi connectivity index (χ4v) is 9.15.